The van der Waals surface area contributed by atoms with Crippen LogP contribution in [0, 0.1) is 17.3 Å². The Balaban J connectivity index is 1.78. The number of rotatable bonds is 3. The van der Waals surface area contributed by atoms with Crippen LogP contribution in [0.15, 0.2) is 0 Å². The molecule has 0 aromatic carbocycles. The van der Waals surface area contributed by atoms with Crippen LogP contribution in [0.3, 0.4) is 0 Å². The van der Waals surface area contributed by atoms with Crippen LogP contribution < -0.4 is 0 Å². The largest absolute Gasteiger partial charge is 0.455 e. The second-order valence-electron chi connectivity index (χ2n) is 8.95. The van der Waals surface area contributed by atoms with Crippen molar-refractivity contribution in [2.45, 2.75) is 91.6 Å². The van der Waals surface area contributed by atoms with Gasteiger partial charge in [-0.05, 0) is 70.1 Å². The predicted octanol–water partition coefficient (Wildman–Crippen LogP) is 4.17. The summed E-state index contributed by atoms with van der Waals surface area (Å²) in [6, 6.07) is 0.504. The molecule has 2 aliphatic rings. The number of piperidine rings is 1. The molecule has 0 N–H and O–H groups in total. The Morgan fingerprint density at radius 1 is 0.958 bits per heavy atom. The van der Waals surface area contributed by atoms with E-state index in [1.165, 1.54) is 6.42 Å². The lowest BCUT2D eigenvalue weighted by atomic mass is 9.70. The highest BCUT2D eigenvalue weighted by atomic mass is 16.5. The molecule has 24 heavy (non-hydrogen) atoms. The van der Waals surface area contributed by atoms with Crippen LogP contribution in [-0.4, -0.2) is 35.5 Å². The molecule has 0 radical (unpaired) electrons. The van der Waals surface area contributed by atoms with E-state index in [0.29, 0.717) is 11.3 Å². The fourth-order valence-electron chi connectivity index (χ4n) is 4.43. The van der Waals surface area contributed by atoms with E-state index >= 15 is 0 Å². The van der Waals surface area contributed by atoms with Gasteiger partial charge in [-0.25, -0.2) is 0 Å². The Kier molecular flexibility index (Phi) is 6.33. The van der Waals surface area contributed by atoms with Gasteiger partial charge in [-0.15, -0.1) is 0 Å². The zero-order valence-corrected chi connectivity index (χ0v) is 16.1. The van der Waals surface area contributed by atoms with Gasteiger partial charge in [-0.1, -0.05) is 20.8 Å². The minimum Gasteiger partial charge on any atom is -0.455 e. The van der Waals surface area contributed by atoms with Gasteiger partial charge in [0.1, 0.15) is 0 Å². The van der Waals surface area contributed by atoms with Gasteiger partial charge >= 0.3 is 5.97 Å². The van der Waals surface area contributed by atoms with Crippen LogP contribution >= 0.6 is 0 Å². The van der Waals surface area contributed by atoms with Gasteiger partial charge in [-0.3, -0.25) is 9.59 Å². The summed E-state index contributed by atoms with van der Waals surface area (Å²) < 4.78 is 5.38. The normalized spacial score (nSPS) is 31.6. The standard InChI is InChI=1S/C20H35NO3/c1-14-7-6-8-15(2)21(14)18(22)13-24-19(23)16-9-11-17(12-10-16)20(3,4)5/h14-17H,6-13H2,1-5H3/t14-,15-,16?,17?/m0/s1. The first kappa shape index (κ1) is 19.3. The number of hydrogen-bond donors (Lipinski definition) is 0. The summed E-state index contributed by atoms with van der Waals surface area (Å²) in [6.45, 7) is 10.9. The zero-order valence-electron chi connectivity index (χ0n) is 16.1. The third-order valence-corrected chi connectivity index (χ3v) is 6.10. The Morgan fingerprint density at radius 3 is 2.00 bits per heavy atom. The van der Waals surface area contributed by atoms with Gasteiger partial charge in [0.2, 0.25) is 0 Å². The summed E-state index contributed by atoms with van der Waals surface area (Å²) in [5.74, 6) is 0.449. The van der Waals surface area contributed by atoms with Crippen LogP contribution in [0.4, 0.5) is 0 Å². The fourth-order valence-corrected chi connectivity index (χ4v) is 4.43. The second-order valence-corrected chi connectivity index (χ2v) is 8.95. The molecule has 0 bridgehead atoms. The van der Waals surface area contributed by atoms with Gasteiger partial charge < -0.3 is 9.64 Å². The third kappa shape index (κ3) is 4.73. The smallest absolute Gasteiger partial charge is 0.309 e. The fraction of sp³-hybridized carbons (Fsp3) is 0.900. The van der Waals surface area contributed by atoms with Crippen molar-refractivity contribution in [3.8, 4) is 0 Å². The molecule has 0 spiro atoms. The maximum Gasteiger partial charge on any atom is 0.309 e. The quantitative estimate of drug-likeness (QED) is 0.726. The number of amides is 1. The van der Waals surface area contributed by atoms with Crippen molar-refractivity contribution in [1.82, 2.24) is 4.90 Å². The van der Waals surface area contributed by atoms with Gasteiger partial charge in [0.15, 0.2) is 6.61 Å². The third-order valence-electron chi connectivity index (χ3n) is 6.10. The van der Waals surface area contributed by atoms with Gasteiger partial charge in [0, 0.05) is 12.1 Å². The topological polar surface area (TPSA) is 46.6 Å². The molecule has 4 heteroatoms. The Bertz CT molecular complexity index is 436. The number of carbonyl (C=O) groups excluding carboxylic acids is 2. The molecule has 1 saturated carbocycles. The number of nitrogens with zero attached hydrogens (tertiary/aromatic N) is 1. The van der Waals surface area contributed by atoms with Crippen LogP contribution in [-0.2, 0) is 14.3 Å². The SMILES string of the molecule is C[C@H]1CCC[C@H](C)N1C(=O)COC(=O)C1CCC(C(C)(C)C)CC1. The van der Waals surface area contributed by atoms with Crippen molar-refractivity contribution in [2.75, 3.05) is 6.61 Å². The highest BCUT2D eigenvalue weighted by Gasteiger charge is 2.34. The second kappa shape index (κ2) is 7.88. The molecule has 2 fully saturated rings. The molecule has 0 unspecified atom stereocenters. The molecule has 1 aliphatic carbocycles. The summed E-state index contributed by atoms with van der Waals surface area (Å²) in [7, 11) is 0. The number of hydrogen-bond acceptors (Lipinski definition) is 3. The van der Waals surface area contributed by atoms with E-state index in [-0.39, 0.29) is 36.5 Å². The number of carbonyl (C=O) groups is 2. The lowest BCUT2D eigenvalue weighted by Gasteiger charge is -2.39. The van der Waals surface area contributed by atoms with E-state index in [2.05, 4.69) is 34.6 Å². The Hall–Kier alpha value is -1.06. The molecule has 2 atom stereocenters. The van der Waals surface area contributed by atoms with Gasteiger partial charge in [0.25, 0.3) is 5.91 Å². The highest BCUT2D eigenvalue weighted by molar-refractivity contribution is 5.81. The zero-order chi connectivity index (χ0) is 17.9. The van der Waals surface area contributed by atoms with Gasteiger partial charge in [-0.2, -0.15) is 0 Å². The summed E-state index contributed by atoms with van der Waals surface area (Å²) >= 11 is 0. The lowest BCUT2D eigenvalue weighted by molar-refractivity contribution is -0.159. The molecular weight excluding hydrogens is 302 g/mol. The summed E-state index contributed by atoms with van der Waals surface area (Å²) in [4.78, 5) is 26.7. The predicted molar refractivity (Wildman–Crippen MR) is 95.5 cm³/mol. The van der Waals surface area contributed by atoms with Crippen molar-refractivity contribution in [1.29, 1.82) is 0 Å². The summed E-state index contributed by atoms with van der Waals surface area (Å²) in [5, 5.41) is 0. The maximum atomic E-state index is 12.4. The summed E-state index contributed by atoms with van der Waals surface area (Å²) in [6.07, 6.45) is 7.20. The number of esters is 1. The minimum atomic E-state index is -0.173. The van der Waals surface area contributed by atoms with E-state index in [0.717, 1.165) is 38.5 Å². The maximum absolute atomic E-state index is 12.4. The van der Waals surface area contributed by atoms with E-state index in [1.807, 2.05) is 4.90 Å². The monoisotopic (exact) mass is 337 g/mol. The first-order chi connectivity index (χ1) is 11.2. The van der Waals surface area contributed by atoms with Crippen molar-refractivity contribution in [2.24, 2.45) is 17.3 Å². The van der Waals surface area contributed by atoms with E-state index < -0.39 is 0 Å². The first-order valence-corrected chi connectivity index (χ1v) is 9.68. The van der Waals surface area contributed by atoms with Crippen LogP contribution in [0.25, 0.3) is 0 Å². The molecule has 1 amide bonds. The van der Waals surface area contributed by atoms with Crippen molar-refractivity contribution < 1.29 is 14.3 Å². The molecule has 0 aromatic heterocycles. The molecular formula is C20H35NO3. The average molecular weight is 338 g/mol. The van der Waals surface area contributed by atoms with Crippen LogP contribution in [0.2, 0.25) is 0 Å². The molecule has 138 valence electrons. The average Bonchev–Trinajstić information content (AvgIpc) is 2.51. The van der Waals surface area contributed by atoms with Crippen LogP contribution in [0.1, 0.15) is 79.6 Å². The van der Waals surface area contributed by atoms with Crippen molar-refractivity contribution >= 4 is 11.9 Å². The molecule has 0 aromatic rings. The molecule has 1 aliphatic heterocycles. The van der Waals surface area contributed by atoms with Crippen molar-refractivity contribution in [3.63, 3.8) is 0 Å². The Labute approximate surface area is 147 Å². The number of ether oxygens (including phenoxy) is 1. The molecule has 4 nitrogen and oxygen atoms in total. The van der Waals surface area contributed by atoms with Crippen molar-refractivity contribution in [3.05, 3.63) is 0 Å². The molecule has 2 rings (SSSR count). The first-order valence-electron chi connectivity index (χ1n) is 9.68. The van der Waals surface area contributed by atoms with Gasteiger partial charge in [0.05, 0.1) is 5.92 Å². The molecule has 1 saturated heterocycles. The minimum absolute atomic E-state index is 0.0207. The van der Waals surface area contributed by atoms with Crippen LogP contribution in [0.5, 0.6) is 0 Å². The van der Waals surface area contributed by atoms with E-state index in [1.54, 1.807) is 0 Å². The lowest BCUT2D eigenvalue weighted by Crippen LogP contribution is -2.49. The Morgan fingerprint density at radius 2 is 1.50 bits per heavy atom. The molecule has 1 heterocycles. The van der Waals surface area contributed by atoms with E-state index in [4.69, 9.17) is 4.74 Å². The highest BCUT2D eigenvalue weighted by Crippen LogP contribution is 2.40. The van der Waals surface area contributed by atoms with E-state index in [9.17, 15) is 9.59 Å². The number of likely N-dealkylation sites (tertiary alicyclic amines) is 1. The summed E-state index contributed by atoms with van der Waals surface area (Å²) in [5.41, 5.74) is 0.311.